The molecular weight excluding hydrogens is 160 g/mol. The average Bonchev–Trinajstić information content (AvgIpc) is 2.14. The fraction of sp³-hybridized carbons (Fsp3) is 0.455. The summed E-state index contributed by atoms with van der Waals surface area (Å²) in [5, 5.41) is 0. The minimum atomic E-state index is 0.278. The van der Waals surface area contributed by atoms with Crippen LogP contribution in [0.15, 0.2) is 18.2 Å². The monoisotopic (exact) mass is 178 g/mol. The van der Waals surface area contributed by atoms with Gasteiger partial charge in [-0.3, -0.25) is 11.3 Å². The zero-order chi connectivity index (χ0) is 9.84. The Bertz CT molecular complexity index is 277. The topological polar surface area (TPSA) is 38.0 Å². The molecule has 0 aliphatic carbocycles. The van der Waals surface area contributed by atoms with Crippen molar-refractivity contribution in [2.75, 3.05) is 0 Å². The first kappa shape index (κ1) is 10.2. The van der Waals surface area contributed by atoms with E-state index in [2.05, 4.69) is 44.4 Å². The summed E-state index contributed by atoms with van der Waals surface area (Å²) in [5.74, 6) is 5.48. The minimum Gasteiger partial charge on any atom is -0.271 e. The van der Waals surface area contributed by atoms with E-state index in [1.807, 2.05) is 0 Å². The highest BCUT2D eigenvalue weighted by atomic mass is 15.2. The van der Waals surface area contributed by atoms with Gasteiger partial charge in [-0.1, -0.05) is 25.1 Å². The lowest BCUT2D eigenvalue weighted by Gasteiger charge is -2.17. The quantitative estimate of drug-likeness (QED) is 0.550. The van der Waals surface area contributed by atoms with Gasteiger partial charge in [-0.15, -0.1) is 0 Å². The Morgan fingerprint density at radius 1 is 1.38 bits per heavy atom. The van der Waals surface area contributed by atoms with Gasteiger partial charge in [-0.25, -0.2) is 0 Å². The number of hydrogen-bond donors (Lipinski definition) is 2. The second-order valence-corrected chi connectivity index (χ2v) is 3.42. The number of aryl methyl sites for hydroxylation is 1. The van der Waals surface area contributed by atoms with Gasteiger partial charge in [0, 0.05) is 6.04 Å². The number of benzene rings is 1. The van der Waals surface area contributed by atoms with Crippen molar-refractivity contribution in [3.8, 4) is 0 Å². The number of nitrogens with one attached hydrogen (secondary N) is 1. The number of rotatable bonds is 3. The molecule has 1 aromatic rings. The number of hydrogen-bond acceptors (Lipinski definition) is 2. The molecule has 1 atom stereocenters. The fourth-order valence-corrected chi connectivity index (χ4v) is 1.58. The van der Waals surface area contributed by atoms with Gasteiger partial charge in [0.1, 0.15) is 0 Å². The van der Waals surface area contributed by atoms with E-state index in [1.165, 1.54) is 16.7 Å². The summed E-state index contributed by atoms with van der Waals surface area (Å²) in [7, 11) is 0. The summed E-state index contributed by atoms with van der Waals surface area (Å²) in [6.45, 7) is 6.40. The molecule has 1 unspecified atom stereocenters. The summed E-state index contributed by atoms with van der Waals surface area (Å²) in [6.07, 6.45) is 1.01. The maximum Gasteiger partial charge on any atom is 0.0460 e. The third kappa shape index (κ3) is 2.08. The maximum absolute atomic E-state index is 5.48. The molecule has 2 nitrogen and oxygen atoms in total. The molecule has 0 aliphatic rings. The zero-order valence-electron chi connectivity index (χ0n) is 8.59. The largest absolute Gasteiger partial charge is 0.271 e. The van der Waals surface area contributed by atoms with Gasteiger partial charge in [-0.2, -0.15) is 0 Å². The van der Waals surface area contributed by atoms with Crippen molar-refractivity contribution in [1.82, 2.24) is 5.43 Å². The van der Waals surface area contributed by atoms with E-state index in [-0.39, 0.29) is 6.04 Å². The molecule has 0 spiro atoms. The smallest absolute Gasteiger partial charge is 0.0460 e. The van der Waals surface area contributed by atoms with Crippen molar-refractivity contribution in [1.29, 1.82) is 0 Å². The van der Waals surface area contributed by atoms with Crippen LogP contribution in [0.3, 0.4) is 0 Å². The van der Waals surface area contributed by atoms with Crippen LogP contribution in [0.1, 0.15) is 36.1 Å². The highest BCUT2D eigenvalue weighted by Gasteiger charge is 2.09. The second kappa shape index (κ2) is 4.40. The van der Waals surface area contributed by atoms with Crippen LogP contribution in [0.5, 0.6) is 0 Å². The van der Waals surface area contributed by atoms with Gasteiger partial charge in [0.2, 0.25) is 0 Å². The Morgan fingerprint density at radius 3 is 2.62 bits per heavy atom. The first-order valence-electron chi connectivity index (χ1n) is 4.73. The molecule has 1 rings (SSSR count). The first-order valence-corrected chi connectivity index (χ1v) is 4.73. The van der Waals surface area contributed by atoms with Crippen LogP contribution < -0.4 is 11.3 Å². The molecule has 0 fully saturated rings. The van der Waals surface area contributed by atoms with Gasteiger partial charge in [-0.05, 0) is 37.0 Å². The van der Waals surface area contributed by atoms with E-state index in [1.54, 1.807) is 0 Å². The normalized spacial score (nSPS) is 12.9. The average molecular weight is 178 g/mol. The van der Waals surface area contributed by atoms with Crippen LogP contribution in [0, 0.1) is 13.8 Å². The molecule has 0 bridgehead atoms. The summed E-state index contributed by atoms with van der Waals surface area (Å²) in [5.41, 5.74) is 6.81. The van der Waals surface area contributed by atoms with Crippen LogP contribution in [-0.4, -0.2) is 0 Å². The Labute approximate surface area is 80.1 Å². The SMILES string of the molecule is CCC(NN)c1cccc(C)c1C. The molecule has 2 heteroatoms. The van der Waals surface area contributed by atoms with E-state index in [0.717, 1.165) is 6.42 Å². The van der Waals surface area contributed by atoms with Gasteiger partial charge in [0.05, 0.1) is 0 Å². The molecule has 13 heavy (non-hydrogen) atoms. The fourth-order valence-electron chi connectivity index (χ4n) is 1.58. The Kier molecular flexibility index (Phi) is 3.46. The summed E-state index contributed by atoms with van der Waals surface area (Å²) in [4.78, 5) is 0. The van der Waals surface area contributed by atoms with Crippen LogP contribution >= 0.6 is 0 Å². The lowest BCUT2D eigenvalue weighted by Crippen LogP contribution is -2.28. The molecule has 0 amide bonds. The van der Waals surface area contributed by atoms with Crippen molar-refractivity contribution in [2.24, 2.45) is 5.84 Å². The lowest BCUT2D eigenvalue weighted by atomic mass is 9.96. The standard InChI is InChI=1S/C11H18N2/c1-4-11(13-12)10-7-5-6-8(2)9(10)3/h5-7,11,13H,4,12H2,1-3H3. The highest BCUT2D eigenvalue weighted by Crippen LogP contribution is 2.21. The molecule has 0 radical (unpaired) electrons. The Balaban J connectivity index is 3.05. The van der Waals surface area contributed by atoms with Gasteiger partial charge >= 0.3 is 0 Å². The zero-order valence-corrected chi connectivity index (χ0v) is 8.59. The first-order chi connectivity index (χ1) is 6.20. The summed E-state index contributed by atoms with van der Waals surface area (Å²) < 4.78 is 0. The Hall–Kier alpha value is -0.860. The number of hydrazine groups is 1. The van der Waals surface area contributed by atoms with Gasteiger partial charge in [0.15, 0.2) is 0 Å². The molecule has 0 saturated carbocycles. The third-order valence-corrected chi connectivity index (χ3v) is 2.63. The molecule has 0 aliphatic heterocycles. The highest BCUT2D eigenvalue weighted by molar-refractivity contribution is 5.35. The van der Waals surface area contributed by atoms with Crippen molar-refractivity contribution in [3.05, 3.63) is 34.9 Å². The van der Waals surface area contributed by atoms with Crippen molar-refractivity contribution >= 4 is 0 Å². The molecule has 72 valence electrons. The maximum atomic E-state index is 5.48. The van der Waals surface area contributed by atoms with Crippen molar-refractivity contribution < 1.29 is 0 Å². The number of nitrogens with two attached hydrogens (primary N) is 1. The molecule has 0 aromatic heterocycles. The molecule has 0 saturated heterocycles. The molecule has 0 heterocycles. The summed E-state index contributed by atoms with van der Waals surface area (Å²) >= 11 is 0. The second-order valence-electron chi connectivity index (χ2n) is 3.42. The van der Waals surface area contributed by atoms with E-state index in [4.69, 9.17) is 5.84 Å². The third-order valence-electron chi connectivity index (χ3n) is 2.63. The van der Waals surface area contributed by atoms with Crippen LogP contribution in [0.25, 0.3) is 0 Å². The van der Waals surface area contributed by atoms with Crippen LogP contribution in [0.2, 0.25) is 0 Å². The molecule has 3 N–H and O–H groups in total. The van der Waals surface area contributed by atoms with Crippen molar-refractivity contribution in [2.45, 2.75) is 33.2 Å². The van der Waals surface area contributed by atoms with Gasteiger partial charge in [0.25, 0.3) is 0 Å². The lowest BCUT2D eigenvalue weighted by molar-refractivity contribution is 0.536. The predicted molar refractivity (Wildman–Crippen MR) is 56.3 cm³/mol. The van der Waals surface area contributed by atoms with E-state index >= 15 is 0 Å². The van der Waals surface area contributed by atoms with Crippen molar-refractivity contribution in [3.63, 3.8) is 0 Å². The molecular formula is C11H18N2. The van der Waals surface area contributed by atoms with E-state index in [9.17, 15) is 0 Å². The van der Waals surface area contributed by atoms with Crippen LogP contribution in [0.4, 0.5) is 0 Å². The van der Waals surface area contributed by atoms with Crippen LogP contribution in [-0.2, 0) is 0 Å². The summed E-state index contributed by atoms with van der Waals surface area (Å²) in [6, 6.07) is 6.62. The van der Waals surface area contributed by atoms with E-state index in [0.29, 0.717) is 0 Å². The van der Waals surface area contributed by atoms with Gasteiger partial charge < -0.3 is 0 Å². The minimum absolute atomic E-state index is 0.278. The Morgan fingerprint density at radius 2 is 2.08 bits per heavy atom. The van der Waals surface area contributed by atoms with E-state index < -0.39 is 0 Å². The predicted octanol–water partition coefficient (Wildman–Crippen LogP) is 2.22. The molecule has 1 aromatic carbocycles.